The molecule has 0 atom stereocenters. The molecule has 80 valence electrons. The summed E-state index contributed by atoms with van der Waals surface area (Å²) in [6, 6.07) is 1.46. The number of hydrogen-bond donors (Lipinski definition) is 0. The molecule has 0 aliphatic heterocycles. The van der Waals surface area contributed by atoms with Gasteiger partial charge in [0.15, 0.2) is 10.8 Å². The van der Waals surface area contributed by atoms with Gasteiger partial charge in [-0.2, -0.15) is 4.98 Å². The summed E-state index contributed by atoms with van der Waals surface area (Å²) in [4.78, 5) is 3.89. The molecule has 0 saturated carbocycles. The summed E-state index contributed by atoms with van der Waals surface area (Å²) in [5, 5.41) is 0.671. The van der Waals surface area contributed by atoms with Gasteiger partial charge >= 0.3 is 0 Å². The van der Waals surface area contributed by atoms with Crippen LogP contribution in [0.1, 0.15) is 13.8 Å². The van der Waals surface area contributed by atoms with E-state index in [2.05, 4.69) is 10.9 Å². The van der Waals surface area contributed by atoms with Gasteiger partial charge in [0.05, 0.1) is 5.02 Å². The number of hydrogen-bond acceptors (Lipinski definition) is 2. The maximum atomic E-state index is 5.87. The highest BCUT2D eigenvalue weighted by molar-refractivity contribution is 6.42. The Morgan fingerprint density at radius 2 is 1.93 bits per heavy atom. The molecule has 0 spiro atoms. The lowest BCUT2D eigenvalue weighted by Crippen LogP contribution is -2.26. The summed E-state index contributed by atoms with van der Waals surface area (Å²) in [6.07, 6.45) is 5.27. The molecule has 1 heterocycles. The Bertz CT molecular complexity index is 423. The highest BCUT2D eigenvalue weighted by atomic mass is 35.5. The van der Waals surface area contributed by atoms with Gasteiger partial charge in [-0.1, -0.05) is 40.7 Å². The average molecular weight is 265 g/mol. The highest BCUT2D eigenvalue weighted by Crippen LogP contribution is 2.32. The first-order chi connectivity index (χ1) is 6.85. The van der Waals surface area contributed by atoms with Crippen LogP contribution in [-0.4, -0.2) is 10.6 Å². The second-order valence-corrected chi connectivity index (χ2v) is 4.48. The Hall–Kier alpha value is -0.620. The second-order valence-electron chi connectivity index (χ2n) is 3.30. The molecule has 0 N–H and O–H groups in total. The van der Waals surface area contributed by atoms with Crippen LogP contribution in [0.25, 0.3) is 0 Å². The molecule has 0 saturated heterocycles. The van der Waals surface area contributed by atoms with Crippen LogP contribution in [-0.2, 0) is 0 Å². The van der Waals surface area contributed by atoms with Crippen LogP contribution in [0.15, 0.2) is 6.07 Å². The molecule has 0 amide bonds. The quantitative estimate of drug-likeness (QED) is 0.598. The van der Waals surface area contributed by atoms with Gasteiger partial charge in [-0.15, -0.1) is 6.42 Å². The van der Waals surface area contributed by atoms with Crippen LogP contribution >= 0.6 is 34.8 Å². The molecule has 1 rings (SSSR count). The minimum absolute atomic E-state index is 0.129. The summed E-state index contributed by atoms with van der Waals surface area (Å²) in [5.74, 6) is 2.63. The molecule has 0 fully saturated rings. The molecule has 1 aromatic heterocycles. The normalized spacial score (nSPS) is 10.9. The van der Waals surface area contributed by atoms with Crippen molar-refractivity contribution in [3.05, 3.63) is 21.3 Å². The first-order valence-corrected chi connectivity index (χ1v) is 5.17. The van der Waals surface area contributed by atoms with Crippen LogP contribution in [0.2, 0.25) is 15.2 Å². The fourth-order valence-electron chi connectivity index (χ4n) is 0.771. The van der Waals surface area contributed by atoms with E-state index >= 15 is 0 Å². The third kappa shape index (κ3) is 3.17. The van der Waals surface area contributed by atoms with Gasteiger partial charge in [-0.3, -0.25) is 0 Å². The number of pyridine rings is 1. The van der Waals surface area contributed by atoms with E-state index in [1.807, 2.05) is 0 Å². The summed E-state index contributed by atoms with van der Waals surface area (Å²) in [7, 11) is 0. The van der Waals surface area contributed by atoms with Gasteiger partial charge in [0.25, 0.3) is 0 Å². The number of rotatable bonds is 2. The molecule has 15 heavy (non-hydrogen) atoms. The predicted octanol–water partition coefficient (Wildman–Crippen LogP) is 3.83. The van der Waals surface area contributed by atoms with Crippen LogP contribution in [0.5, 0.6) is 5.88 Å². The van der Waals surface area contributed by atoms with Gasteiger partial charge in [-0.05, 0) is 19.9 Å². The maximum Gasteiger partial charge on any atom is 0.235 e. The van der Waals surface area contributed by atoms with Crippen LogP contribution in [0.4, 0.5) is 0 Å². The smallest absolute Gasteiger partial charge is 0.235 e. The lowest BCUT2D eigenvalue weighted by atomic mass is 10.1. The lowest BCUT2D eigenvalue weighted by Gasteiger charge is -2.20. The van der Waals surface area contributed by atoms with Gasteiger partial charge in [0.2, 0.25) is 5.88 Å². The molecular weight excluding hydrogens is 256 g/mol. The van der Waals surface area contributed by atoms with E-state index in [0.717, 1.165) is 0 Å². The molecule has 2 nitrogen and oxygen atoms in total. The minimum atomic E-state index is -0.798. The van der Waals surface area contributed by atoms with Crippen molar-refractivity contribution in [3.8, 4) is 18.2 Å². The summed E-state index contributed by atoms with van der Waals surface area (Å²) in [5.41, 5.74) is -0.798. The predicted molar refractivity (Wildman–Crippen MR) is 62.8 cm³/mol. The van der Waals surface area contributed by atoms with Gasteiger partial charge in [0, 0.05) is 0 Å². The molecule has 0 aliphatic rings. The Balaban J connectivity index is 3.07. The monoisotopic (exact) mass is 263 g/mol. The Labute approximate surface area is 103 Å². The SMILES string of the molecule is C#CC(C)(C)Oc1nc(Cl)c(Cl)cc1Cl. The zero-order valence-corrected chi connectivity index (χ0v) is 10.4. The van der Waals surface area contributed by atoms with E-state index < -0.39 is 5.60 Å². The van der Waals surface area contributed by atoms with Crippen molar-refractivity contribution in [2.45, 2.75) is 19.4 Å². The number of aromatic nitrogens is 1. The summed E-state index contributed by atoms with van der Waals surface area (Å²) >= 11 is 17.3. The van der Waals surface area contributed by atoms with Crippen molar-refractivity contribution in [1.29, 1.82) is 0 Å². The van der Waals surface area contributed by atoms with Crippen molar-refractivity contribution in [3.63, 3.8) is 0 Å². The first-order valence-electron chi connectivity index (χ1n) is 4.04. The molecular formula is C10H8Cl3NO. The number of ether oxygens (including phenoxy) is 1. The van der Waals surface area contributed by atoms with Crippen molar-refractivity contribution in [2.75, 3.05) is 0 Å². The van der Waals surface area contributed by atoms with Crippen molar-refractivity contribution >= 4 is 34.8 Å². The third-order valence-electron chi connectivity index (χ3n) is 1.55. The van der Waals surface area contributed by atoms with Crippen LogP contribution < -0.4 is 4.74 Å². The molecule has 0 unspecified atom stereocenters. The number of nitrogens with zero attached hydrogens (tertiary/aromatic N) is 1. The number of halogens is 3. The molecule has 1 aromatic rings. The molecule has 5 heteroatoms. The largest absolute Gasteiger partial charge is 0.457 e. The Morgan fingerprint density at radius 3 is 2.47 bits per heavy atom. The molecule has 0 radical (unpaired) electrons. The minimum Gasteiger partial charge on any atom is -0.457 e. The standard InChI is InChI=1S/C10H8Cl3NO/c1-4-10(2,3)15-9-7(12)5-6(11)8(13)14-9/h1,5H,2-3H3. The van der Waals surface area contributed by atoms with E-state index in [-0.39, 0.29) is 21.1 Å². The van der Waals surface area contributed by atoms with Gasteiger partial charge in [0.1, 0.15) is 5.02 Å². The molecule has 0 aromatic carbocycles. The zero-order chi connectivity index (χ0) is 11.6. The van der Waals surface area contributed by atoms with E-state index in [4.69, 9.17) is 46.0 Å². The van der Waals surface area contributed by atoms with E-state index in [1.165, 1.54) is 6.07 Å². The maximum absolute atomic E-state index is 5.87. The highest BCUT2D eigenvalue weighted by Gasteiger charge is 2.19. The Kier molecular flexibility index (Phi) is 3.72. The van der Waals surface area contributed by atoms with Crippen LogP contribution in [0, 0.1) is 12.3 Å². The average Bonchev–Trinajstić information content (AvgIpc) is 2.14. The summed E-state index contributed by atoms with van der Waals surface area (Å²) in [6.45, 7) is 3.43. The van der Waals surface area contributed by atoms with Gasteiger partial charge in [-0.25, -0.2) is 0 Å². The fourth-order valence-corrected chi connectivity index (χ4v) is 1.30. The van der Waals surface area contributed by atoms with Gasteiger partial charge < -0.3 is 4.74 Å². The second kappa shape index (κ2) is 4.49. The molecule has 0 bridgehead atoms. The van der Waals surface area contributed by atoms with E-state index in [9.17, 15) is 0 Å². The summed E-state index contributed by atoms with van der Waals surface area (Å²) < 4.78 is 5.40. The zero-order valence-electron chi connectivity index (χ0n) is 8.14. The van der Waals surface area contributed by atoms with Crippen LogP contribution in [0.3, 0.4) is 0 Å². The first kappa shape index (κ1) is 12.4. The van der Waals surface area contributed by atoms with Crippen molar-refractivity contribution in [2.24, 2.45) is 0 Å². The lowest BCUT2D eigenvalue weighted by molar-refractivity contribution is 0.165. The third-order valence-corrected chi connectivity index (χ3v) is 2.50. The van der Waals surface area contributed by atoms with E-state index in [1.54, 1.807) is 13.8 Å². The fraction of sp³-hybridized carbons (Fsp3) is 0.300. The van der Waals surface area contributed by atoms with Crippen molar-refractivity contribution < 1.29 is 4.74 Å². The van der Waals surface area contributed by atoms with Crippen molar-refractivity contribution in [1.82, 2.24) is 4.98 Å². The molecule has 0 aliphatic carbocycles. The topological polar surface area (TPSA) is 22.1 Å². The Morgan fingerprint density at radius 1 is 1.33 bits per heavy atom. The number of terminal acetylenes is 1. The van der Waals surface area contributed by atoms with E-state index in [0.29, 0.717) is 0 Å².